The number of oxazole rings is 1. The van der Waals surface area contributed by atoms with Gasteiger partial charge in [0.2, 0.25) is 5.89 Å². The zero-order valence-electron chi connectivity index (χ0n) is 15.0. The van der Waals surface area contributed by atoms with E-state index in [1.807, 2.05) is 17.5 Å². The fraction of sp³-hybridized carbons (Fsp3) is 0.556. The van der Waals surface area contributed by atoms with E-state index in [9.17, 15) is 0 Å². The second kappa shape index (κ2) is 9.01. The van der Waals surface area contributed by atoms with Crippen molar-refractivity contribution in [2.75, 3.05) is 26.7 Å². The second-order valence-corrected chi connectivity index (χ2v) is 7.26. The monoisotopic (exact) mass is 361 g/mol. The molecular formula is C18H27N5OS. The summed E-state index contributed by atoms with van der Waals surface area (Å²) in [5, 5.41) is 8.89. The van der Waals surface area contributed by atoms with Crippen LogP contribution in [0.4, 0.5) is 0 Å². The molecule has 1 fully saturated rings. The van der Waals surface area contributed by atoms with E-state index in [1.165, 1.54) is 13.0 Å². The van der Waals surface area contributed by atoms with Crippen LogP contribution in [0.5, 0.6) is 0 Å². The van der Waals surface area contributed by atoms with E-state index in [-0.39, 0.29) is 0 Å². The van der Waals surface area contributed by atoms with Gasteiger partial charge in [-0.25, -0.2) is 4.98 Å². The molecule has 3 rings (SSSR count). The number of aromatic nitrogens is 1. The fourth-order valence-corrected chi connectivity index (χ4v) is 3.74. The summed E-state index contributed by atoms with van der Waals surface area (Å²) >= 11 is 1.63. The van der Waals surface area contributed by atoms with Crippen molar-refractivity contribution < 1.29 is 4.42 Å². The van der Waals surface area contributed by atoms with Gasteiger partial charge in [-0.3, -0.25) is 4.99 Å². The van der Waals surface area contributed by atoms with Gasteiger partial charge in [0, 0.05) is 26.2 Å². The van der Waals surface area contributed by atoms with Crippen molar-refractivity contribution in [3.63, 3.8) is 0 Å². The molecule has 0 atom stereocenters. The molecule has 0 bridgehead atoms. The summed E-state index contributed by atoms with van der Waals surface area (Å²) in [4.78, 5) is 12.4. The third-order valence-electron chi connectivity index (χ3n) is 4.41. The highest BCUT2D eigenvalue weighted by Crippen LogP contribution is 2.23. The first-order valence-electron chi connectivity index (χ1n) is 8.96. The van der Waals surface area contributed by atoms with Gasteiger partial charge in [-0.15, -0.1) is 11.3 Å². The molecule has 0 unspecified atom stereocenters. The second-order valence-electron chi connectivity index (χ2n) is 6.31. The lowest BCUT2D eigenvalue weighted by Gasteiger charge is -2.32. The maximum atomic E-state index is 5.55. The minimum atomic E-state index is 0.485. The van der Waals surface area contributed by atoms with Crippen LogP contribution in [0.15, 0.2) is 33.2 Å². The fourth-order valence-electron chi connectivity index (χ4n) is 3.08. The Morgan fingerprint density at radius 3 is 2.96 bits per heavy atom. The van der Waals surface area contributed by atoms with Gasteiger partial charge in [0.1, 0.15) is 6.26 Å². The van der Waals surface area contributed by atoms with E-state index in [0.29, 0.717) is 18.5 Å². The Bertz CT molecular complexity index is 659. The molecular weight excluding hydrogens is 334 g/mol. The minimum absolute atomic E-state index is 0.485. The normalized spacial score (nSPS) is 17.0. The molecule has 1 saturated heterocycles. The Kier molecular flexibility index (Phi) is 6.47. The van der Waals surface area contributed by atoms with E-state index in [4.69, 9.17) is 4.42 Å². The number of thiophene rings is 1. The summed E-state index contributed by atoms with van der Waals surface area (Å²) in [6, 6.07) is 4.50. The van der Waals surface area contributed by atoms with Crippen molar-refractivity contribution in [3.05, 3.63) is 29.5 Å². The Balaban J connectivity index is 1.45. The topological polar surface area (TPSA) is 65.7 Å². The third kappa shape index (κ3) is 5.06. The van der Waals surface area contributed by atoms with Gasteiger partial charge in [-0.05, 0) is 37.3 Å². The number of hydrogen-bond donors (Lipinski definition) is 2. The first kappa shape index (κ1) is 17.9. The third-order valence-corrected chi connectivity index (χ3v) is 5.27. The highest BCUT2D eigenvalue weighted by molar-refractivity contribution is 7.13. The lowest BCUT2D eigenvalue weighted by molar-refractivity contribution is 0.206. The lowest BCUT2D eigenvalue weighted by Crippen LogP contribution is -2.48. The van der Waals surface area contributed by atoms with Crippen LogP contribution in [0.25, 0.3) is 10.8 Å². The number of rotatable bonds is 6. The number of nitrogens with one attached hydrogen (secondary N) is 2. The van der Waals surface area contributed by atoms with Crippen LogP contribution >= 0.6 is 11.3 Å². The van der Waals surface area contributed by atoms with Crippen molar-refractivity contribution in [1.82, 2.24) is 20.5 Å². The average Bonchev–Trinajstić information content (AvgIpc) is 3.31. The summed E-state index contributed by atoms with van der Waals surface area (Å²) in [5.41, 5.74) is 0.879. The summed E-state index contributed by atoms with van der Waals surface area (Å²) in [5.74, 6) is 1.51. The van der Waals surface area contributed by atoms with Gasteiger partial charge in [-0.1, -0.05) is 13.0 Å². The summed E-state index contributed by atoms with van der Waals surface area (Å²) in [7, 11) is 1.81. The van der Waals surface area contributed by atoms with Gasteiger partial charge >= 0.3 is 0 Å². The van der Waals surface area contributed by atoms with Crippen molar-refractivity contribution in [2.24, 2.45) is 4.99 Å². The quantitative estimate of drug-likeness (QED) is 0.612. The zero-order valence-corrected chi connectivity index (χ0v) is 15.8. The van der Waals surface area contributed by atoms with Gasteiger partial charge in [0.05, 0.1) is 17.1 Å². The Morgan fingerprint density at radius 2 is 2.28 bits per heavy atom. The van der Waals surface area contributed by atoms with Crippen molar-refractivity contribution in [3.8, 4) is 10.8 Å². The summed E-state index contributed by atoms with van der Waals surface area (Å²) in [6.07, 6.45) is 5.26. The molecule has 136 valence electrons. The maximum Gasteiger partial charge on any atom is 0.236 e. The predicted molar refractivity (Wildman–Crippen MR) is 103 cm³/mol. The number of guanidine groups is 1. The van der Waals surface area contributed by atoms with Crippen LogP contribution in [-0.4, -0.2) is 48.6 Å². The van der Waals surface area contributed by atoms with E-state index >= 15 is 0 Å². The van der Waals surface area contributed by atoms with Crippen LogP contribution in [0.2, 0.25) is 0 Å². The molecule has 7 heteroatoms. The number of piperidine rings is 1. The van der Waals surface area contributed by atoms with Crippen molar-refractivity contribution in [1.29, 1.82) is 0 Å². The van der Waals surface area contributed by atoms with E-state index in [0.717, 1.165) is 42.5 Å². The van der Waals surface area contributed by atoms with Gasteiger partial charge < -0.3 is 20.0 Å². The van der Waals surface area contributed by atoms with Gasteiger partial charge in [0.15, 0.2) is 5.96 Å². The summed E-state index contributed by atoms with van der Waals surface area (Å²) < 4.78 is 5.55. The highest BCUT2D eigenvalue weighted by Gasteiger charge is 2.19. The van der Waals surface area contributed by atoms with Gasteiger partial charge in [-0.2, -0.15) is 0 Å². The predicted octanol–water partition coefficient (Wildman–Crippen LogP) is 2.94. The van der Waals surface area contributed by atoms with E-state index < -0.39 is 0 Å². The van der Waals surface area contributed by atoms with Crippen LogP contribution in [0.1, 0.15) is 31.9 Å². The SMILES string of the molecule is CCCN1CCC(NC(=NC)NCc2coc(-c3cccs3)n2)CC1. The molecule has 3 heterocycles. The van der Waals surface area contributed by atoms with Crippen molar-refractivity contribution in [2.45, 2.75) is 38.8 Å². The molecule has 6 nitrogen and oxygen atoms in total. The molecule has 2 aromatic rings. The first-order valence-corrected chi connectivity index (χ1v) is 9.84. The molecule has 1 aliphatic heterocycles. The van der Waals surface area contributed by atoms with E-state index in [2.05, 4.69) is 32.4 Å². The lowest BCUT2D eigenvalue weighted by atomic mass is 10.1. The number of aliphatic imine (C=N–C) groups is 1. The van der Waals surface area contributed by atoms with Crippen LogP contribution < -0.4 is 10.6 Å². The average molecular weight is 362 g/mol. The molecule has 0 aromatic carbocycles. The largest absolute Gasteiger partial charge is 0.443 e. The molecule has 0 amide bonds. The standard InChI is InChI=1S/C18H27N5OS/c1-3-8-23-9-6-14(7-10-23)22-18(19-2)20-12-15-13-24-17(21-15)16-5-4-11-25-16/h4-5,11,13-14H,3,6-10,12H2,1-2H3,(H2,19,20,22). The number of nitrogens with zero attached hydrogens (tertiary/aromatic N) is 3. The molecule has 0 aliphatic carbocycles. The van der Waals surface area contributed by atoms with Crippen LogP contribution in [0, 0.1) is 0 Å². The Morgan fingerprint density at radius 1 is 1.44 bits per heavy atom. The number of hydrogen-bond acceptors (Lipinski definition) is 5. The van der Waals surface area contributed by atoms with Gasteiger partial charge in [0.25, 0.3) is 0 Å². The van der Waals surface area contributed by atoms with E-state index in [1.54, 1.807) is 24.6 Å². The molecule has 0 spiro atoms. The van der Waals surface area contributed by atoms with Crippen molar-refractivity contribution >= 4 is 17.3 Å². The highest BCUT2D eigenvalue weighted by atomic mass is 32.1. The minimum Gasteiger partial charge on any atom is -0.443 e. The molecule has 0 saturated carbocycles. The molecule has 1 aliphatic rings. The summed E-state index contributed by atoms with van der Waals surface area (Å²) in [6.45, 7) is 6.37. The molecule has 0 radical (unpaired) electrons. The zero-order chi connectivity index (χ0) is 17.5. The molecule has 25 heavy (non-hydrogen) atoms. The van der Waals surface area contributed by atoms with Crippen LogP contribution in [-0.2, 0) is 6.54 Å². The maximum absolute atomic E-state index is 5.55. The van der Waals surface area contributed by atoms with Crippen LogP contribution in [0.3, 0.4) is 0 Å². The number of likely N-dealkylation sites (tertiary alicyclic amines) is 1. The smallest absolute Gasteiger partial charge is 0.236 e. The first-order chi connectivity index (χ1) is 12.3. The molecule has 2 N–H and O–H groups in total. The Labute approximate surface area is 153 Å². The molecule has 2 aromatic heterocycles. The Hall–Kier alpha value is -1.86.